The largest absolute Gasteiger partial charge is 0.433 e. The second-order valence-electron chi connectivity index (χ2n) is 4.60. The van der Waals surface area contributed by atoms with E-state index < -0.39 is 11.9 Å². The molecule has 3 rings (SSSR count). The van der Waals surface area contributed by atoms with E-state index in [1.807, 2.05) is 0 Å². The normalized spacial score (nSPS) is 18.8. The van der Waals surface area contributed by atoms with Gasteiger partial charge >= 0.3 is 6.18 Å². The van der Waals surface area contributed by atoms with Crippen molar-refractivity contribution in [3.8, 4) is 0 Å². The van der Waals surface area contributed by atoms with Crippen LogP contribution < -0.4 is 0 Å². The molecular formula is C11H11F3N6OS. The van der Waals surface area contributed by atoms with E-state index in [1.54, 1.807) is 0 Å². The molecule has 0 bridgehead atoms. The molecule has 1 fully saturated rings. The summed E-state index contributed by atoms with van der Waals surface area (Å²) >= 11 is 0.884. The summed E-state index contributed by atoms with van der Waals surface area (Å²) in [4.78, 5) is 7.29. The minimum absolute atomic E-state index is 0.0188. The molecule has 1 aliphatic heterocycles. The van der Waals surface area contributed by atoms with E-state index in [1.165, 1.54) is 4.68 Å². The lowest BCUT2D eigenvalue weighted by Crippen LogP contribution is -2.17. The number of nitrogens with zero attached hydrogens (tertiary/aromatic N) is 6. The van der Waals surface area contributed by atoms with Crippen molar-refractivity contribution in [2.24, 2.45) is 0 Å². The fraction of sp³-hybridized carbons (Fsp3) is 0.545. The van der Waals surface area contributed by atoms with Crippen molar-refractivity contribution < 1.29 is 17.9 Å². The van der Waals surface area contributed by atoms with Crippen LogP contribution in [0.3, 0.4) is 0 Å². The highest BCUT2D eigenvalue weighted by Crippen LogP contribution is 2.30. The van der Waals surface area contributed by atoms with Gasteiger partial charge in [-0.3, -0.25) is 0 Å². The van der Waals surface area contributed by atoms with E-state index in [9.17, 15) is 13.2 Å². The minimum atomic E-state index is -4.51. The van der Waals surface area contributed by atoms with Crippen LogP contribution in [0.2, 0.25) is 0 Å². The second-order valence-corrected chi connectivity index (χ2v) is 5.54. The van der Waals surface area contributed by atoms with Crippen LogP contribution in [0.25, 0.3) is 0 Å². The first-order valence-electron chi connectivity index (χ1n) is 6.48. The molecule has 0 spiro atoms. The first-order valence-corrected chi connectivity index (χ1v) is 7.30. The third-order valence-corrected chi connectivity index (χ3v) is 3.86. The number of aromatic nitrogens is 6. The molecule has 1 aliphatic rings. The van der Waals surface area contributed by atoms with Crippen LogP contribution in [0.15, 0.2) is 22.6 Å². The number of tetrazole rings is 1. The van der Waals surface area contributed by atoms with Gasteiger partial charge in [0.15, 0.2) is 5.16 Å². The lowest BCUT2D eigenvalue weighted by Gasteiger charge is -2.10. The number of hydrogen-bond donors (Lipinski definition) is 0. The van der Waals surface area contributed by atoms with Crippen LogP contribution in [0.4, 0.5) is 13.2 Å². The molecule has 0 aromatic carbocycles. The Hall–Kier alpha value is -1.75. The Labute approximate surface area is 127 Å². The first kappa shape index (κ1) is 15.2. The van der Waals surface area contributed by atoms with E-state index in [-0.39, 0.29) is 11.3 Å². The predicted octanol–water partition coefficient (Wildman–Crippen LogP) is 1.81. The second kappa shape index (κ2) is 6.16. The summed E-state index contributed by atoms with van der Waals surface area (Å²) in [5.41, 5.74) is -0.997. The molecule has 0 amide bonds. The highest BCUT2D eigenvalue weighted by molar-refractivity contribution is 7.99. The van der Waals surface area contributed by atoms with Gasteiger partial charge in [-0.15, -0.1) is 5.10 Å². The first-order chi connectivity index (χ1) is 10.5. The van der Waals surface area contributed by atoms with Gasteiger partial charge in [0.1, 0.15) is 5.69 Å². The molecule has 118 valence electrons. The Morgan fingerprint density at radius 1 is 1.41 bits per heavy atom. The summed E-state index contributed by atoms with van der Waals surface area (Å²) < 4.78 is 44.9. The van der Waals surface area contributed by atoms with Crippen LogP contribution in [-0.2, 0) is 17.5 Å². The lowest BCUT2D eigenvalue weighted by atomic mass is 10.2. The summed E-state index contributed by atoms with van der Waals surface area (Å²) in [7, 11) is 0. The van der Waals surface area contributed by atoms with E-state index >= 15 is 0 Å². The molecule has 1 saturated heterocycles. The van der Waals surface area contributed by atoms with E-state index in [4.69, 9.17) is 4.74 Å². The van der Waals surface area contributed by atoms with Crippen molar-refractivity contribution in [1.82, 2.24) is 30.2 Å². The Morgan fingerprint density at radius 2 is 2.27 bits per heavy atom. The quantitative estimate of drug-likeness (QED) is 0.790. The fourth-order valence-corrected chi connectivity index (χ4v) is 2.71. The Kier molecular flexibility index (Phi) is 4.25. The Bertz CT molecular complexity index is 643. The molecule has 0 saturated carbocycles. The third-order valence-electron chi connectivity index (χ3n) is 3.01. The number of hydrogen-bond acceptors (Lipinski definition) is 7. The van der Waals surface area contributed by atoms with E-state index in [2.05, 4.69) is 25.5 Å². The molecule has 22 heavy (non-hydrogen) atoms. The SMILES string of the molecule is FC(F)(F)c1ccnc(Sc2nnnn2C[C@@H]2CCCO2)n1. The van der Waals surface area contributed by atoms with Crippen molar-refractivity contribution in [3.05, 3.63) is 18.0 Å². The van der Waals surface area contributed by atoms with Crippen LogP contribution >= 0.6 is 11.8 Å². The summed E-state index contributed by atoms with van der Waals surface area (Å²) in [6.07, 6.45) is -1.55. The van der Waals surface area contributed by atoms with Crippen LogP contribution in [0.1, 0.15) is 18.5 Å². The molecule has 7 nitrogen and oxygen atoms in total. The van der Waals surface area contributed by atoms with Crippen LogP contribution in [0, 0.1) is 0 Å². The van der Waals surface area contributed by atoms with E-state index in [0.29, 0.717) is 18.3 Å². The summed E-state index contributed by atoms with van der Waals surface area (Å²) in [5, 5.41) is 11.4. The Morgan fingerprint density at radius 3 is 3.00 bits per heavy atom. The monoisotopic (exact) mass is 332 g/mol. The average molecular weight is 332 g/mol. The van der Waals surface area contributed by atoms with Gasteiger partial charge in [-0.05, 0) is 41.1 Å². The number of alkyl halides is 3. The zero-order valence-corrected chi connectivity index (χ0v) is 12.0. The fourth-order valence-electron chi connectivity index (χ4n) is 1.99. The summed E-state index contributed by atoms with van der Waals surface area (Å²) in [6, 6.07) is 0.819. The van der Waals surface area contributed by atoms with Crippen LogP contribution in [-0.4, -0.2) is 42.9 Å². The molecule has 11 heteroatoms. The van der Waals surface area contributed by atoms with Gasteiger partial charge < -0.3 is 4.74 Å². The molecule has 2 aromatic heterocycles. The summed E-state index contributed by atoms with van der Waals surface area (Å²) in [6.45, 7) is 1.15. The van der Waals surface area contributed by atoms with Gasteiger partial charge in [0.05, 0.1) is 12.6 Å². The topological polar surface area (TPSA) is 78.6 Å². The molecule has 1 atom stereocenters. The molecule has 2 aromatic rings. The van der Waals surface area contributed by atoms with Crippen molar-refractivity contribution >= 4 is 11.8 Å². The molecule has 0 radical (unpaired) electrons. The van der Waals surface area contributed by atoms with Gasteiger partial charge in [-0.1, -0.05) is 0 Å². The van der Waals surface area contributed by atoms with Crippen molar-refractivity contribution in [2.75, 3.05) is 6.61 Å². The minimum Gasteiger partial charge on any atom is -0.376 e. The van der Waals surface area contributed by atoms with Crippen molar-refractivity contribution in [2.45, 2.75) is 42.0 Å². The van der Waals surface area contributed by atoms with Crippen LogP contribution in [0.5, 0.6) is 0 Å². The number of ether oxygens (including phenoxy) is 1. The van der Waals surface area contributed by atoms with Crippen molar-refractivity contribution in [1.29, 1.82) is 0 Å². The van der Waals surface area contributed by atoms with Gasteiger partial charge in [0.25, 0.3) is 0 Å². The maximum atomic E-state index is 12.6. The smallest absolute Gasteiger partial charge is 0.376 e. The standard InChI is InChI=1S/C11H11F3N6OS/c12-11(13,14)8-3-4-15-9(16-8)22-10-17-18-19-20(10)6-7-2-1-5-21-7/h3-4,7H,1-2,5-6H2/t7-/m0/s1. The van der Waals surface area contributed by atoms with Gasteiger partial charge in [-0.2, -0.15) is 13.2 Å². The number of rotatable bonds is 4. The van der Waals surface area contributed by atoms with Gasteiger partial charge in [0, 0.05) is 12.8 Å². The maximum absolute atomic E-state index is 12.6. The highest BCUT2D eigenvalue weighted by atomic mass is 32.2. The lowest BCUT2D eigenvalue weighted by molar-refractivity contribution is -0.141. The van der Waals surface area contributed by atoms with Gasteiger partial charge in [0.2, 0.25) is 5.16 Å². The highest BCUT2D eigenvalue weighted by Gasteiger charge is 2.33. The zero-order valence-electron chi connectivity index (χ0n) is 11.2. The molecule has 0 unspecified atom stereocenters. The molecular weight excluding hydrogens is 321 g/mol. The maximum Gasteiger partial charge on any atom is 0.433 e. The average Bonchev–Trinajstić information content (AvgIpc) is 3.12. The van der Waals surface area contributed by atoms with Gasteiger partial charge in [-0.25, -0.2) is 14.6 Å². The Balaban J connectivity index is 1.75. The van der Waals surface area contributed by atoms with Crippen molar-refractivity contribution in [3.63, 3.8) is 0 Å². The van der Waals surface area contributed by atoms with E-state index in [0.717, 1.165) is 36.9 Å². The molecule has 0 N–H and O–H groups in total. The molecule has 3 heterocycles. The zero-order chi connectivity index (χ0) is 15.6. The summed E-state index contributed by atoms with van der Waals surface area (Å²) in [5.74, 6) is 0. The predicted molar refractivity (Wildman–Crippen MR) is 67.9 cm³/mol. The third kappa shape index (κ3) is 3.53. The molecule has 0 aliphatic carbocycles. The number of halogens is 3.